The molecule has 0 spiro atoms. The Bertz CT molecular complexity index is 920. The number of amides is 1. The molecular formula is C18H23ClN6O2S. The van der Waals surface area contributed by atoms with E-state index >= 15 is 0 Å². The van der Waals surface area contributed by atoms with Gasteiger partial charge in [-0.3, -0.25) is 4.79 Å². The number of nitrogens with one attached hydrogen (secondary N) is 1. The summed E-state index contributed by atoms with van der Waals surface area (Å²) < 4.78 is 7.27. The molecule has 2 aromatic carbocycles. The Kier molecular flexibility index (Phi) is 8.49. The molecule has 8 nitrogen and oxygen atoms in total. The summed E-state index contributed by atoms with van der Waals surface area (Å²) in [4.78, 5) is 11.1. The van der Waals surface area contributed by atoms with Gasteiger partial charge >= 0.3 is 0 Å². The Hall–Kier alpha value is -2.36. The van der Waals surface area contributed by atoms with Gasteiger partial charge in [-0.1, -0.05) is 42.1 Å². The second-order valence-electron chi connectivity index (χ2n) is 5.98. The van der Waals surface area contributed by atoms with Crippen LogP contribution in [-0.2, 0) is 18.4 Å². The molecule has 0 saturated heterocycles. The Balaban J connectivity index is 0.00000280. The van der Waals surface area contributed by atoms with Crippen LogP contribution >= 0.6 is 24.2 Å². The summed E-state index contributed by atoms with van der Waals surface area (Å²) in [6.07, 6.45) is 0.972. The van der Waals surface area contributed by atoms with E-state index in [1.54, 1.807) is 16.4 Å². The molecule has 28 heavy (non-hydrogen) atoms. The van der Waals surface area contributed by atoms with E-state index in [-0.39, 0.29) is 19.0 Å². The molecule has 0 saturated carbocycles. The SMILES string of the molecule is Cl.Cn1nnnc1SCCCNCc1c(OCC(N)=O)ccc2ccccc12. The standard InChI is InChI=1S/C18H22N6O2S.ClH/c1-24-18(21-22-23-24)27-10-4-9-20-11-15-14-6-3-2-5-13(14)7-8-16(15)26-12-17(19)25;/h2-3,5-8,20H,4,9-12H2,1H3,(H2,19,25);1H. The normalized spacial score (nSPS) is 10.6. The molecule has 0 aliphatic heterocycles. The molecule has 10 heteroatoms. The Morgan fingerprint density at radius 1 is 1.29 bits per heavy atom. The number of carbonyl (C=O) groups excluding carboxylic acids is 1. The van der Waals surface area contributed by atoms with Crippen LogP contribution in [0.15, 0.2) is 41.6 Å². The zero-order valence-electron chi connectivity index (χ0n) is 15.5. The predicted octanol–water partition coefficient (Wildman–Crippen LogP) is 1.92. The van der Waals surface area contributed by atoms with Crippen LogP contribution < -0.4 is 15.8 Å². The molecule has 0 fully saturated rings. The number of aryl methyl sites for hydroxylation is 1. The lowest BCUT2D eigenvalue weighted by molar-refractivity contribution is -0.119. The van der Waals surface area contributed by atoms with Crippen LogP contribution in [-0.4, -0.2) is 45.0 Å². The van der Waals surface area contributed by atoms with Gasteiger partial charge in [-0.2, -0.15) is 0 Å². The third kappa shape index (κ3) is 5.82. The van der Waals surface area contributed by atoms with Gasteiger partial charge in [0.2, 0.25) is 5.16 Å². The number of thioether (sulfide) groups is 1. The maximum atomic E-state index is 11.1. The van der Waals surface area contributed by atoms with E-state index in [1.165, 1.54) is 0 Å². The van der Waals surface area contributed by atoms with Gasteiger partial charge in [0.25, 0.3) is 5.91 Å². The minimum absolute atomic E-state index is 0. The van der Waals surface area contributed by atoms with Crippen molar-refractivity contribution < 1.29 is 9.53 Å². The summed E-state index contributed by atoms with van der Waals surface area (Å²) >= 11 is 1.63. The van der Waals surface area contributed by atoms with Crippen molar-refractivity contribution in [3.05, 3.63) is 42.0 Å². The van der Waals surface area contributed by atoms with Crippen LogP contribution in [0.5, 0.6) is 5.75 Å². The Labute approximate surface area is 173 Å². The van der Waals surface area contributed by atoms with E-state index in [0.29, 0.717) is 12.3 Å². The van der Waals surface area contributed by atoms with E-state index in [4.69, 9.17) is 10.5 Å². The first-order chi connectivity index (χ1) is 13.1. The molecular weight excluding hydrogens is 400 g/mol. The minimum Gasteiger partial charge on any atom is -0.483 e. The van der Waals surface area contributed by atoms with Crippen molar-refractivity contribution in [1.29, 1.82) is 0 Å². The van der Waals surface area contributed by atoms with Crippen LogP contribution in [0.1, 0.15) is 12.0 Å². The zero-order valence-corrected chi connectivity index (χ0v) is 17.1. The molecule has 0 aliphatic carbocycles. The highest BCUT2D eigenvalue weighted by atomic mass is 35.5. The van der Waals surface area contributed by atoms with Gasteiger partial charge in [0.15, 0.2) is 6.61 Å². The maximum Gasteiger partial charge on any atom is 0.255 e. The first-order valence-electron chi connectivity index (χ1n) is 8.63. The van der Waals surface area contributed by atoms with Crippen LogP contribution in [0.25, 0.3) is 10.8 Å². The lowest BCUT2D eigenvalue weighted by Gasteiger charge is -2.14. The second kappa shape index (κ2) is 10.8. The number of nitrogens with two attached hydrogens (primary N) is 1. The van der Waals surface area contributed by atoms with Crippen LogP contribution in [0.4, 0.5) is 0 Å². The number of tetrazole rings is 1. The van der Waals surface area contributed by atoms with Gasteiger partial charge in [-0.15, -0.1) is 17.5 Å². The number of benzene rings is 2. The monoisotopic (exact) mass is 422 g/mol. The van der Waals surface area contributed by atoms with Crippen LogP contribution in [0.2, 0.25) is 0 Å². The average molecular weight is 423 g/mol. The number of halogens is 1. The fraction of sp³-hybridized carbons (Fsp3) is 0.333. The summed E-state index contributed by atoms with van der Waals surface area (Å²) in [7, 11) is 1.83. The quantitative estimate of drug-likeness (QED) is 0.379. The molecule has 3 aromatic rings. The van der Waals surface area contributed by atoms with E-state index in [9.17, 15) is 4.79 Å². The molecule has 3 N–H and O–H groups in total. The third-order valence-corrected chi connectivity index (χ3v) is 5.08. The van der Waals surface area contributed by atoms with Gasteiger partial charge in [0.05, 0.1) is 0 Å². The molecule has 0 atom stereocenters. The largest absolute Gasteiger partial charge is 0.483 e. The molecule has 0 aliphatic rings. The first-order valence-corrected chi connectivity index (χ1v) is 9.61. The Morgan fingerprint density at radius 2 is 2.11 bits per heavy atom. The molecule has 0 unspecified atom stereocenters. The van der Waals surface area contributed by atoms with Gasteiger partial charge in [0, 0.05) is 24.9 Å². The molecule has 1 amide bonds. The molecule has 3 rings (SSSR count). The van der Waals surface area contributed by atoms with Crippen molar-refractivity contribution in [2.24, 2.45) is 12.8 Å². The number of carbonyl (C=O) groups is 1. The highest BCUT2D eigenvalue weighted by molar-refractivity contribution is 7.99. The summed E-state index contributed by atoms with van der Waals surface area (Å²) in [6.45, 7) is 1.36. The van der Waals surface area contributed by atoms with Crippen molar-refractivity contribution in [3.63, 3.8) is 0 Å². The smallest absolute Gasteiger partial charge is 0.255 e. The summed E-state index contributed by atoms with van der Waals surface area (Å²) in [5, 5.41) is 17.9. The third-order valence-electron chi connectivity index (χ3n) is 3.98. The second-order valence-corrected chi connectivity index (χ2v) is 7.04. The predicted molar refractivity (Wildman–Crippen MR) is 112 cm³/mol. The fourth-order valence-corrected chi connectivity index (χ4v) is 3.49. The summed E-state index contributed by atoms with van der Waals surface area (Å²) in [5.41, 5.74) is 6.24. The first kappa shape index (κ1) is 21.9. The van der Waals surface area contributed by atoms with Gasteiger partial charge < -0.3 is 15.8 Å². The molecule has 1 aromatic heterocycles. The number of hydrogen-bond donors (Lipinski definition) is 2. The lowest BCUT2D eigenvalue weighted by Crippen LogP contribution is -2.21. The van der Waals surface area contributed by atoms with Crippen molar-refractivity contribution >= 4 is 40.8 Å². The number of aromatic nitrogens is 4. The van der Waals surface area contributed by atoms with Gasteiger partial charge in [-0.05, 0) is 40.2 Å². The maximum absolute atomic E-state index is 11.1. The zero-order chi connectivity index (χ0) is 19.1. The van der Waals surface area contributed by atoms with E-state index in [0.717, 1.165) is 40.2 Å². The van der Waals surface area contributed by atoms with Gasteiger partial charge in [0.1, 0.15) is 5.75 Å². The van der Waals surface area contributed by atoms with Crippen molar-refractivity contribution in [1.82, 2.24) is 25.5 Å². The van der Waals surface area contributed by atoms with Crippen molar-refractivity contribution in [3.8, 4) is 5.75 Å². The number of nitrogens with zero attached hydrogens (tertiary/aromatic N) is 4. The van der Waals surface area contributed by atoms with Gasteiger partial charge in [-0.25, -0.2) is 4.68 Å². The average Bonchev–Trinajstić information content (AvgIpc) is 3.08. The summed E-state index contributed by atoms with van der Waals surface area (Å²) in [5.74, 6) is 1.11. The molecule has 150 valence electrons. The molecule has 1 heterocycles. The Morgan fingerprint density at radius 3 is 2.86 bits per heavy atom. The topological polar surface area (TPSA) is 108 Å². The number of fused-ring (bicyclic) bond motifs is 1. The number of rotatable bonds is 10. The van der Waals surface area contributed by atoms with E-state index in [1.807, 2.05) is 31.3 Å². The van der Waals surface area contributed by atoms with E-state index < -0.39 is 5.91 Å². The fourth-order valence-electron chi connectivity index (χ4n) is 2.70. The van der Waals surface area contributed by atoms with Crippen LogP contribution in [0.3, 0.4) is 0 Å². The molecule has 0 radical (unpaired) electrons. The van der Waals surface area contributed by atoms with Crippen LogP contribution in [0, 0.1) is 0 Å². The molecule has 0 bridgehead atoms. The lowest BCUT2D eigenvalue weighted by atomic mass is 10.0. The highest BCUT2D eigenvalue weighted by Gasteiger charge is 2.10. The number of hydrogen-bond acceptors (Lipinski definition) is 7. The highest BCUT2D eigenvalue weighted by Crippen LogP contribution is 2.28. The van der Waals surface area contributed by atoms with E-state index in [2.05, 4.69) is 33.0 Å². The number of primary amides is 1. The summed E-state index contributed by atoms with van der Waals surface area (Å²) in [6, 6.07) is 12.0. The number of ether oxygens (including phenoxy) is 1. The minimum atomic E-state index is -0.489. The van der Waals surface area contributed by atoms with Crippen molar-refractivity contribution in [2.75, 3.05) is 18.9 Å². The van der Waals surface area contributed by atoms with Crippen molar-refractivity contribution in [2.45, 2.75) is 18.1 Å².